The van der Waals surface area contributed by atoms with Crippen LogP contribution in [0.2, 0.25) is 0 Å². The zero-order valence-corrected chi connectivity index (χ0v) is 12.2. The lowest BCUT2D eigenvalue weighted by Gasteiger charge is -2.34. The Bertz CT molecular complexity index is 458. The maximum atomic E-state index is 12.5. The molecule has 8 nitrogen and oxygen atoms in total. The average molecular weight is 315 g/mol. The molecule has 2 aliphatic rings. The van der Waals surface area contributed by atoms with E-state index >= 15 is 0 Å². The number of hydrogen-bond acceptors (Lipinski definition) is 8. The molecule has 1 saturated heterocycles. The summed E-state index contributed by atoms with van der Waals surface area (Å²) in [4.78, 5) is 35.6. The van der Waals surface area contributed by atoms with Crippen molar-refractivity contribution in [1.29, 1.82) is 0 Å². The third-order valence-electron chi connectivity index (χ3n) is 4.44. The Morgan fingerprint density at radius 3 is 2.55 bits per heavy atom. The Hall–Kier alpha value is -1.51. The first kappa shape index (κ1) is 16.9. The third kappa shape index (κ3) is 2.99. The van der Waals surface area contributed by atoms with Gasteiger partial charge in [0.15, 0.2) is 6.10 Å². The smallest absolute Gasteiger partial charge is 0.379 e. The number of ketones is 1. The molecule has 0 radical (unpaired) electrons. The van der Waals surface area contributed by atoms with Gasteiger partial charge in [-0.05, 0) is 12.8 Å². The van der Waals surface area contributed by atoms with Gasteiger partial charge in [0.2, 0.25) is 6.10 Å². The van der Waals surface area contributed by atoms with Gasteiger partial charge in [-0.1, -0.05) is 19.3 Å². The summed E-state index contributed by atoms with van der Waals surface area (Å²) in [7, 11) is 0. The van der Waals surface area contributed by atoms with Gasteiger partial charge in [0.25, 0.3) is 5.78 Å². The summed E-state index contributed by atoms with van der Waals surface area (Å²) >= 11 is 0. The average Bonchev–Trinajstić information content (AvgIpc) is 2.83. The standard InChI is InChI=1S/C14H21NO7/c15-7-14(4-2-1-3-5-14)13(20)22-11-9(18)12(19)21-10(11)8(17)6-16/h8,10-11,16-17H,1-7,15H2/t8-,10+,11?/m0/s1. The normalized spacial score (nSPS) is 29.0. The third-order valence-corrected chi connectivity index (χ3v) is 4.44. The van der Waals surface area contributed by atoms with Crippen molar-refractivity contribution >= 4 is 17.7 Å². The van der Waals surface area contributed by atoms with Crippen molar-refractivity contribution in [1.82, 2.24) is 0 Å². The molecule has 0 bridgehead atoms. The second kappa shape index (κ2) is 6.72. The molecular formula is C14H21NO7. The molecule has 0 aromatic rings. The molecule has 1 aliphatic carbocycles. The highest BCUT2D eigenvalue weighted by Gasteiger charge is 2.52. The molecule has 4 N–H and O–H groups in total. The number of carbonyl (C=O) groups is 3. The molecule has 22 heavy (non-hydrogen) atoms. The van der Waals surface area contributed by atoms with Crippen molar-refractivity contribution in [3.8, 4) is 0 Å². The summed E-state index contributed by atoms with van der Waals surface area (Å²) in [5.41, 5.74) is 4.86. The van der Waals surface area contributed by atoms with Gasteiger partial charge in [0.05, 0.1) is 12.0 Å². The molecule has 8 heteroatoms. The van der Waals surface area contributed by atoms with E-state index in [1.807, 2.05) is 0 Å². The summed E-state index contributed by atoms with van der Waals surface area (Å²) in [5, 5.41) is 18.6. The second-order valence-electron chi connectivity index (χ2n) is 5.86. The number of Topliss-reactive ketones (excluding diaryl/α,β-unsaturated/α-hetero) is 1. The Morgan fingerprint density at radius 1 is 1.36 bits per heavy atom. The Kier molecular flexibility index (Phi) is 5.15. The second-order valence-corrected chi connectivity index (χ2v) is 5.86. The monoisotopic (exact) mass is 315 g/mol. The lowest BCUT2D eigenvalue weighted by Crippen LogP contribution is -2.47. The van der Waals surface area contributed by atoms with Crippen molar-refractivity contribution in [3.63, 3.8) is 0 Å². The van der Waals surface area contributed by atoms with Crippen LogP contribution in [0.3, 0.4) is 0 Å². The van der Waals surface area contributed by atoms with Gasteiger partial charge < -0.3 is 25.4 Å². The van der Waals surface area contributed by atoms with Crippen molar-refractivity contribution in [2.75, 3.05) is 13.2 Å². The van der Waals surface area contributed by atoms with Crippen LogP contribution in [-0.4, -0.2) is 59.4 Å². The van der Waals surface area contributed by atoms with E-state index in [2.05, 4.69) is 4.74 Å². The largest absolute Gasteiger partial charge is 0.449 e. The van der Waals surface area contributed by atoms with E-state index in [-0.39, 0.29) is 6.54 Å². The van der Waals surface area contributed by atoms with Crippen LogP contribution < -0.4 is 5.73 Å². The van der Waals surface area contributed by atoms with Gasteiger partial charge in [0, 0.05) is 6.54 Å². The van der Waals surface area contributed by atoms with E-state index in [1.54, 1.807) is 0 Å². The first-order valence-corrected chi connectivity index (χ1v) is 7.40. The quantitative estimate of drug-likeness (QED) is 0.419. The summed E-state index contributed by atoms with van der Waals surface area (Å²) in [5.74, 6) is -2.86. The summed E-state index contributed by atoms with van der Waals surface area (Å²) < 4.78 is 9.86. The van der Waals surface area contributed by atoms with Crippen LogP contribution in [0.4, 0.5) is 0 Å². The maximum Gasteiger partial charge on any atom is 0.379 e. The Balaban J connectivity index is 2.14. The topological polar surface area (TPSA) is 136 Å². The minimum absolute atomic E-state index is 0.0920. The summed E-state index contributed by atoms with van der Waals surface area (Å²) in [6.07, 6.45) is -0.610. The minimum atomic E-state index is -1.53. The molecule has 1 saturated carbocycles. The first-order chi connectivity index (χ1) is 10.4. The predicted octanol–water partition coefficient (Wildman–Crippen LogP) is -1.34. The van der Waals surface area contributed by atoms with Crippen molar-refractivity contribution in [2.45, 2.75) is 50.4 Å². The van der Waals surface area contributed by atoms with Gasteiger partial charge in [0.1, 0.15) is 6.10 Å². The molecule has 124 valence electrons. The maximum absolute atomic E-state index is 12.5. The number of carbonyl (C=O) groups excluding carboxylic acids is 3. The molecule has 1 heterocycles. The number of rotatable bonds is 5. The number of hydrogen-bond donors (Lipinski definition) is 3. The number of ether oxygens (including phenoxy) is 2. The van der Waals surface area contributed by atoms with Gasteiger partial charge in [-0.3, -0.25) is 9.59 Å². The van der Waals surface area contributed by atoms with Gasteiger partial charge >= 0.3 is 11.9 Å². The number of aliphatic hydroxyl groups excluding tert-OH is 2. The van der Waals surface area contributed by atoms with Crippen LogP contribution in [0.1, 0.15) is 32.1 Å². The fourth-order valence-electron chi connectivity index (χ4n) is 2.97. The molecule has 1 aliphatic heterocycles. The molecule has 2 rings (SSSR count). The van der Waals surface area contributed by atoms with Crippen molar-refractivity contribution < 1.29 is 34.1 Å². The highest BCUT2D eigenvalue weighted by molar-refractivity contribution is 6.37. The van der Waals surface area contributed by atoms with E-state index in [0.717, 1.165) is 19.3 Å². The summed E-state index contributed by atoms with van der Waals surface area (Å²) in [6.45, 7) is -0.629. The summed E-state index contributed by atoms with van der Waals surface area (Å²) in [6, 6.07) is 0. The fourth-order valence-corrected chi connectivity index (χ4v) is 2.97. The van der Waals surface area contributed by atoms with Crippen LogP contribution in [0.25, 0.3) is 0 Å². The predicted molar refractivity (Wildman–Crippen MR) is 72.4 cm³/mol. The first-order valence-electron chi connectivity index (χ1n) is 7.40. The molecule has 3 atom stereocenters. The van der Waals surface area contributed by atoms with Crippen LogP contribution in [0, 0.1) is 5.41 Å². The van der Waals surface area contributed by atoms with Gasteiger partial charge in [-0.25, -0.2) is 4.79 Å². The number of nitrogens with two attached hydrogens (primary N) is 1. The van der Waals surface area contributed by atoms with Crippen molar-refractivity contribution in [2.24, 2.45) is 11.1 Å². The van der Waals surface area contributed by atoms with Gasteiger partial charge in [-0.2, -0.15) is 0 Å². The van der Waals surface area contributed by atoms with E-state index in [1.165, 1.54) is 0 Å². The minimum Gasteiger partial charge on any atom is -0.449 e. The molecule has 0 aromatic heterocycles. The molecule has 0 spiro atoms. The zero-order valence-electron chi connectivity index (χ0n) is 12.2. The SMILES string of the molecule is NCC1(C(=O)OC2C(=O)C(=O)O[C@@H]2[C@@H](O)CO)CCCCC1. The van der Waals surface area contributed by atoms with Crippen LogP contribution in [0.5, 0.6) is 0 Å². The van der Waals surface area contributed by atoms with Crippen LogP contribution in [-0.2, 0) is 23.9 Å². The van der Waals surface area contributed by atoms with Crippen LogP contribution >= 0.6 is 0 Å². The zero-order chi connectivity index (χ0) is 16.3. The number of esters is 2. The Labute approximate surface area is 127 Å². The Morgan fingerprint density at radius 2 is 2.00 bits per heavy atom. The molecule has 0 amide bonds. The molecule has 0 aromatic carbocycles. The lowest BCUT2D eigenvalue weighted by atomic mass is 9.74. The number of aliphatic hydroxyl groups is 2. The van der Waals surface area contributed by atoms with Crippen LogP contribution in [0.15, 0.2) is 0 Å². The molecule has 2 fully saturated rings. The van der Waals surface area contributed by atoms with E-state index in [9.17, 15) is 19.5 Å². The number of cyclic esters (lactones) is 1. The van der Waals surface area contributed by atoms with Gasteiger partial charge in [-0.15, -0.1) is 0 Å². The van der Waals surface area contributed by atoms with E-state index in [0.29, 0.717) is 12.8 Å². The highest BCUT2D eigenvalue weighted by atomic mass is 16.6. The van der Waals surface area contributed by atoms with Crippen molar-refractivity contribution in [3.05, 3.63) is 0 Å². The molecular weight excluding hydrogens is 294 g/mol. The van der Waals surface area contributed by atoms with E-state index < -0.39 is 48.1 Å². The lowest BCUT2D eigenvalue weighted by molar-refractivity contribution is -0.172. The van der Waals surface area contributed by atoms with E-state index in [4.69, 9.17) is 15.6 Å². The molecule has 1 unspecified atom stereocenters. The fraction of sp³-hybridized carbons (Fsp3) is 0.786. The highest BCUT2D eigenvalue weighted by Crippen LogP contribution is 2.37.